The zero-order valence-electron chi connectivity index (χ0n) is 16.5. The van der Waals surface area contributed by atoms with E-state index >= 15 is 0 Å². The number of nitrogens with zero attached hydrogens (tertiary/aromatic N) is 2. The van der Waals surface area contributed by atoms with Crippen LogP contribution in [0.3, 0.4) is 0 Å². The summed E-state index contributed by atoms with van der Waals surface area (Å²) in [6, 6.07) is 11.5. The van der Waals surface area contributed by atoms with E-state index in [1.54, 1.807) is 18.0 Å². The van der Waals surface area contributed by atoms with Crippen LogP contribution < -0.4 is 10.6 Å². The van der Waals surface area contributed by atoms with Crippen LogP contribution in [-0.4, -0.2) is 46.8 Å². The zero-order chi connectivity index (χ0) is 21.1. The van der Waals surface area contributed by atoms with Gasteiger partial charge in [-0.15, -0.1) is 11.3 Å². The van der Waals surface area contributed by atoms with E-state index in [4.69, 9.17) is 16.3 Å². The summed E-state index contributed by atoms with van der Waals surface area (Å²) >= 11 is 7.72. The van der Waals surface area contributed by atoms with E-state index in [0.29, 0.717) is 30.4 Å². The Balaban J connectivity index is 1.34. The molecule has 9 heteroatoms. The lowest BCUT2D eigenvalue weighted by molar-refractivity contribution is 0.115. The van der Waals surface area contributed by atoms with Crippen LogP contribution in [0.2, 0.25) is 5.02 Å². The Morgan fingerprint density at radius 2 is 2.30 bits per heavy atom. The molecule has 2 aromatic heterocycles. The third kappa shape index (κ3) is 4.61. The van der Waals surface area contributed by atoms with Gasteiger partial charge in [0, 0.05) is 34.2 Å². The number of benzene rings is 1. The summed E-state index contributed by atoms with van der Waals surface area (Å²) in [5.74, 6) is 0.722. The number of hydrogen-bond acceptors (Lipinski definition) is 7. The molecule has 0 bridgehead atoms. The molecule has 0 aliphatic carbocycles. The Bertz CT molecular complexity index is 1030. The number of hydrogen-bond donors (Lipinski definition) is 3. The topological polar surface area (TPSA) is 86.7 Å². The van der Waals surface area contributed by atoms with Gasteiger partial charge in [0.2, 0.25) is 0 Å². The fourth-order valence-corrected chi connectivity index (χ4v) is 4.75. The summed E-state index contributed by atoms with van der Waals surface area (Å²) in [4.78, 5) is 18.7. The number of ether oxygens (including phenoxy) is 1. The maximum absolute atomic E-state index is 11.8. The van der Waals surface area contributed by atoms with E-state index in [-0.39, 0.29) is 12.1 Å². The fourth-order valence-electron chi connectivity index (χ4n) is 3.44. The Labute approximate surface area is 183 Å². The van der Waals surface area contributed by atoms with E-state index in [2.05, 4.69) is 15.6 Å². The van der Waals surface area contributed by atoms with Gasteiger partial charge in [0.1, 0.15) is 5.82 Å². The van der Waals surface area contributed by atoms with E-state index < -0.39 is 6.23 Å². The van der Waals surface area contributed by atoms with E-state index in [1.807, 2.05) is 36.4 Å². The maximum Gasteiger partial charge on any atom is 0.409 e. The minimum Gasteiger partial charge on any atom is -0.450 e. The molecule has 3 heterocycles. The molecule has 1 fully saturated rings. The molecule has 7 nitrogen and oxygen atoms in total. The van der Waals surface area contributed by atoms with Crippen LogP contribution >= 0.6 is 22.9 Å². The molecule has 1 aliphatic rings. The monoisotopic (exact) mass is 446 g/mol. The number of amides is 1. The Kier molecular flexibility index (Phi) is 6.26. The number of carbonyl (C=O) groups is 1. The third-order valence-corrected chi connectivity index (χ3v) is 6.41. The number of rotatable bonds is 6. The van der Waals surface area contributed by atoms with Crippen molar-refractivity contribution in [2.45, 2.75) is 25.6 Å². The number of carbonyl (C=O) groups excluding carboxylic acids is 1. The van der Waals surface area contributed by atoms with Gasteiger partial charge in [-0.25, -0.2) is 9.78 Å². The number of anilines is 2. The second-order valence-corrected chi connectivity index (χ2v) is 8.58. The van der Waals surface area contributed by atoms with E-state index in [0.717, 1.165) is 27.2 Å². The van der Waals surface area contributed by atoms with Gasteiger partial charge in [-0.2, -0.15) is 0 Å². The largest absolute Gasteiger partial charge is 0.450 e. The van der Waals surface area contributed by atoms with E-state index in [1.165, 1.54) is 11.3 Å². The average Bonchev–Trinajstić information content (AvgIpc) is 3.38. The lowest BCUT2D eigenvalue weighted by atomic mass is 10.2. The lowest BCUT2D eigenvalue weighted by Gasteiger charge is -2.17. The van der Waals surface area contributed by atoms with Gasteiger partial charge in [-0.05, 0) is 43.7 Å². The van der Waals surface area contributed by atoms with Gasteiger partial charge in [0.25, 0.3) is 0 Å². The number of likely N-dealkylation sites (tertiary alicyclic amines) is 1. The van der Waals surface area contributed by atoms with Crippen molar-refractivity contribution in [1.82, 2.24) is 9.88 Å². The van der Waals surface area contributed by atoms with Crippen molar-refractivity contribution in [2.75, 3.05) is 30.3 Å². The zero-order valence-corrected chi connectivity index (χ0v) is 18.0. The highest BCUT2D eigenvalue weighted by Crippen LogP contribution is 2.34. The highest BCUT2D eigenvalue weighted by molar-refractivity contribution is 7.19. The van der Waals surface area contributed by atoms with Crippen molar-refractivity contribution in [2.24, 2.45) is 0 Å². The van der Waals surface area contributed by atoms with Crippen molar-refractivity contribution < 1.29 is 14.6 Å². The van der Waals surface area contributed by atoms with Gasteiger partial charge in [0.05, 0.1) is 23.4 Å². The number of fused-ring (bicyclic) bond motifs is 1. The molecule has 2 unspecified atom stereocenters. The van der Waals surface area contributed by atoms with Gasteiger partial charge < -0.3 is 25.4 Å². The predicted octanol–water partition coefficient (Wildman–Crippen LogP) is 4.70. The second-order valence-electron chi connectivity index (χ2n) is 7.05. The van der Waals surface area contributed by atoms with Crippen molar-refractivity contribution in [1.29, 1.82) is 0 Å². The number of aliphatic hydroxyl groups excluding tert-OH is 1. The molecule has 3 aromatic rings. The molecular weight excluding hydrogens is 424 g/mol. The van der Waals surface area contributed by atoms with Crippen molar-refractivity contribution in [3.63, 3.8) is 0 Å². The molecule has 1 amide bonds. The van der Waals surface area contributed by atoms with E-state index in [9.17, 15) is 9.90 Å². The summed E-state index contributed by atoms with van der Waals surface area (Å²) in [6.07, 6.45) is 1.38. The van der Waals surface area contributed by atoms with Crippen molar-refractivity contribution in [3.8, 4) is 0 Å². The van der Waals surface area contributed by atoms with Crippen molar-refractivity contribution in [3.05, 3.63) is 52.5 Å². The highest BCUT2D eigenvalue weighted by atomic mass is 35.5. The summed E-state index contributed by atoms with van der Waals surface area (Å²) in [7, 11) is 0. The predicted molar refractivity (Wildman–Crippen MR) is 120 cm³/mol. The smallest absolute Gasteiger partial charge is 0.409 e. The third-order valence-electron chi connectivity index (χ3n) is 4.93. The molecule has 0 radical (unpaired) electrons. The first-order chi connectivity index (χ1) is 14.5. The van der Waals surface area contributed by atoms with Crippen LogP contribution in [0.5, 0.6) is 0 Å². The molecule has 0 saturated carbocycles. The summed E-state index contributed by atoms with van der Waals surface area (Å²) in [5.41, 5.74) is 0.705. The van der Waals surface area contributed by atoms with Crippen LogP contribution in [0, 0.1) is 0 Å². The van der Waals surface area contributed by atoms with Gasteiger partial charge in [-0.1, -0.05) is 17.7 Å². The molecule has 1 aliphatic heterocycles. The Hall–Kier alpha value is -2.55. The normalized spacial score (nSPS) is 17.2. The fraction of sp³-hybridized carbons (Fsp3) is 0.333. The quantitative estimate of drug-likeness (QED) is 0.476. The average molecular weight is 447 g/mol. The van der Waals surface area contributed by atoms with Gasteiger partial charge in [0.15, 0.2) is 6.23 Å². The van der Waals surface area contributed by atoms with Crippen LogP contribution in [0.1, 0.15) is 24.4 Å². The number of aromatic nitrogens is 1. The number of halogens is 1. The lowest BCUT2D eigenvalue weighted by Crippen LogP contribution is -2.32. The number of nitrogens with one attached hydrogen (secondary N) is 2. The summed E-state index contributed by atoms with van der Waals surface area (Å²) < 4.78 is 6.08. The molecular formula is C21H23ClN4O3S. The second kappa shape index (κ2) is 9.07. The Morgan fingerprint density at radius 1 is 1.43 bits per heavy atom. The summed E-state index contributed by atoms with van der Waals surface area (Å²) in [5, 5.41) is 18.6. The molecule has 158 valence electrons. The number of aliphatic hydroxyl groups is 1. The minimum absolute atomic E-state index is 0.134. The van der Waals surface area contributed by atoms with Crippen molar-refractivity contribution >= 4 is 50.6 Å². The number of pyridine rings is 1. The van der Waals surface area contributed by atoms with Gasteiger partial charge in [-0.3, -0.25) is 0 Å². The highest BCUT2D eigenvalue weighted by Gasteiger charge is 2.27. The molecule has 2 atom stereocenters. The first-order valence-corrected chi connectivity index (χ1v) is 11.0. The Morgan fingerprint density at radius 3 is 3.03 bits per heavy atom. The first-order valence-electron chi connectivity index (χ1n) is 9.80. The SMILES string of the molecule is CCOC(=O)N1CCC(Nc2ccc(NC(O)c3cc4c(Cl)cccc4s3)cn2)C1. The van der Waals surface area contributed by atoms with Crippen LogP contribution in [0.25, 0.3) is 10.1 Å². The first kappa shape index (κ1) is 20.7. The van der Waals surface area contributed by atoms with Gasteiger partial charge >= 0.3 is 6.09 Å². The molecule has 1 aromatic carbocycles. The van der Waals surface area contributed by atoms with Crippen LogP contribution in [-0.2, 0) is 4.74 Å². The molecule has 30 heavy (non-hydrogen) atoms. The van der Waals surface area contributed by atoms with Crippen LogP contribution in [0.4, 0.5) is 16.3 Å². The standard InChI is InChI=1S/C21H23ClN4O3S/c1-2-29-21(28)26-9-8-14(12-26)24-19-7-6-13(11-23-19)25-20(27)18-10-15-16(22)4-3-5-17(15)30-18/h3-7,10-11,14,20,25,27H,2,8-9,12H2,1H3,(H,23,24). The molecule has 1 saturated heterocycles. The minimum atomic E-state index is -0.855. The maximum atomic E-state index is 11.8. The number of thiophene rings is 1. The summed E-state index contributed by atoms with van der Waals surface area (Å²) in [6.45, 7) is 3.44. The molecule has 4 rings (SSSR count). The van der Waals surface area contributed by atoms with Crippen LogP contribution in [0.15, 0.2) is 42.6 Å². The molecule has 0 spiro atoms. The molecule has 3 N–H and O–H groups in total.